The molecule has 0 unspecified atom stereocenters. The van der Waals surface area contributed by atoms with E-state index in [1.54, 1.807) is 33.5 Å². The van der Waals surface area contributed by atoms with Crippen LogP contribution in [0.5, 0.6) is 17.2 Å². The number of hydrogen-bond acceptors (Lipinski definition) is 4. The summed E-state index contributed by atoms with van der Waals surface area (Å²) in [4.78, 5) is 13.6. The number of ketones is 1. The third kappa shape index (κ3) is 4.59. The lowest BCUT2D eigenvalue weighted by molar-refractivity contribution is 0.103. The Labute approximate surface area is 179 Å². The average Bonchev–Trinajstić information content (AvgIpc) is 3.32. The molecule has 0 atom stereocenters. The monoisotopic (exact) mass is 406 g/mol. The van der Waals surface area contributed by atoms with Crippen LogP contribution in [0.1, 0.15) is 59.7 Å². The van der Waals surface area contributed by atoms with E-state index in [1.165, 1.54) is 5.57 Å². The summed E-state index contributed by atoms with van der Waals surface area (Å²) in [7, 11) is 4.67. The lowest BCUT2D eigenvalue weighted by atomic mass is 9.91. The van der Waals surface area contributed by atoms with Gasteiger partial charge < -0.3 is 14.2 Å². The van der Waals surface area contributed by atoms with Gasteiger partial charge >= 0.3 is 0 Å². The molecule has 0 amide bonds. The molecule has 158 valence electrons. The van der Waals surface area contributed by atoms with Crippen LogP contribution in [0.15, 0.2) is 48.6 Å². The maximum atomic E-state index is 13.6. The summed E-state index contributed by atoms with van der Waals surface area (Å²) in [5.74, 6) is 1.41. The van der Waals surface area contributed by atoms with E-state index < -0.39 is 0 Å². The predicted molar refractivity (Wildman–Crippen MR) is 121 cm³/mol. The van der Waals surface area contributed by atoms with Crippen molar-refractivity contribution in [1.29, 1.82) is 0 Å². The standard InChI is InChI=1S/C26H30O4/c1-5-6-7-12-19-13-14-20(18-10-8-9-11-18)15-22(19)25(27)21-16-23(28-2)26(30-4)24(17-21)29-3/h8-10,13-17H,5-7,11-12H2,1-4H3. The largest absolute Gasteiger partial charge is 0.493 e. The molecule has 0 saturated heterocycles. The van der Waals surface area contributed by atoms with Gasteiger partial charge in [-0.05, 0) is 54.2 Å². The summed E-state index contributed by atoms with van der Waals surface area (Å²) in [6.45, 7) is 2.19. The van der Waals surface area contributed by atoms with Gasteiger partial charge in [0.25, 0.3) is 0 Å². The minimum atomic E-state index is -0.0332. The van der Waals surface area contributed by atoms with Crippen molar-refractivity contribution < 1.29 is 19.0 Å². The lowest BCUT2D eigenvalue weighted by Gasteiger charge is -2.16. The first-order valence-electron chi connectivity index (χ1n) is 10.5. The number of hydrogen-bond donors (Lipinski definition) is 0. The third-order valence-corrected chi connectivity index (χ3v) is 5.47. The van der Waals surface area contributed by atoms with Crippen molar-refractivity contribution in [2.24, 2.45) is 0 Å². The fourth-order valence-corrected chi connectivity index (χ4v) is 3.80. The first-order chi connectivity index (χ1) is 14.6. The summed E-state index contributed by atoms with van der Waals surface area (Å²) in [5, 5.41) is 0. The van der Waals surface area contributed by atoms with Crippen LogP contribution in [-0.4, -0.2) is 27.1 Å². The highest BCUT2D eigenvalue weighted by Gasteiger charge is 2.21. The van der Waals surface area contributed by atoms with Crippen LogP contribution in [0.2, 0.25) is 0 Å². The van der Waals surface area contributed by atoms with Crippen molar-refractivity contribution in [2.75, 3.05) is 21.3 Å². The molecule has 30 heavy (non-hydrogen) atoms. The smallest absolute Gasteiger partial charge is 0.203 e. The highest BCUT2D eigenvalue weighted by molar-refractivity contribution is 6.11. The van der Waals surface area contributed by atoms with Gasteiger partial charge in [-0.3, -0.25) is 4.79 Å². The summed E-state index contributed by atoms with van der Waals surface area (Å²) >= 11 is 0. The summed E-state index contributed by atoms with van der Waals surface area (Å²) in [6.07, 6.45) is 11.4. The molecule has 0 bridgehead atoms. The van der Waals surface area contributed by atoms with E-state index in [1.807, 2.05) is 6.07 Å². The van der Waals surface area contributed by atoms with Gasteiger partial charge in [-0.15, -0.1) is 0 Å². The number of carbonyl (C=O) groups excluding carboxylic acids is 1. The van der Waals surface area contributed by atoms with E-state index in [2.05, 4.69) is 37.3 Å². The van der Waals surface area contributed by atoms with E-state index in [-0.39, 0.29) is 5.78 Å². The van der Waals surface area contributed by atoms with Gasteiger partial charge in [-0.25, -0.2) is 0 Å². The Hall–Kier alpha value is -3.01. The SMILES string of the molecule is CCCCCc1ccc(C2=CC=CC2)cc1C(=O)c1cc(OC)c(OC)c(OC)c1. The van der Waals surface area contributed by atoms with E-state index in [0.717, 1.165) is 48.8 Å². The molecular weight excluding hydrogens is 376 g/mol. The molecule has 0 spiro atoms. The van der Waals surface area contributed by atoms with Crippen molar-refractivity contribution in [1.82, 2.24) is 0 Å². The van der Waals surface area contributed by atoms with E-state index in [4.69, 9.17) is 14.2 Å². The zero-order valence-corrected chi connectivity index (χ0v) is 18.3. The van der Waals surface area contributed by atoms with Gasteiger partial charge in [-0.1, -0.05) is 50.1 Å². The van der Waals surface area contributed by atoms with E-state index in [9.17, 15) is 4.79 Å². The van der Waals surface area contributed by atoms with Crippen LogP contribution >= 0.6 is 0 Å². The molecule has 3 rings (SSSR count). The van der Waals surface area contributed by atoms with Gasteiger partial charge in [0.1, 0.15) is 0 Å². The minimum absolute atomic E-state index is 0.0332. The Morgan fingerprint density at radius 1 is 0.967 bits per heavy atom. The average molecular weight is 407 g/mol. The molecule has 0 aromatic heterocycles. The van der Waals surface area contributed by atoms with Crippen molar-refractivity contribution in [2.45, 2.75) is 39.0 Å². The third-order valence-electron chi connectivity index (χ3n) is 5.47. The number of allylic oxidation sites excluding steroid dienone is 4. The molecule has 0 radical (unpaired) electrons. The highest BCUT2D eigenvalue weighted by atomic mass is 16.5. The number of carbonyl (C=O) groups is 1. The topological polar surface area (TPSA) is 44.8 Å². The van der Waals surface area contributed by atoms with E-state index in [0.29, 0.717) is 22.8 Å². The molecule has 2 aromatic rings. The second kappa shape index (κ2) is 10.1. The van der Waals surface area contributed by atoms with Crippen LogP contribution in [0.3, 0.4) is 0 Å². The molecule has 0 heterocycles. The second-order valence-corrected chi connectivity index (χ2v) is 7.40. The minimum Gasteiger partial charge on any atom is -0.493 e. The molecular formula is C26H30O4. The Bertz CT molecular complexity index is 944. The molecule has 4 heteroatoms. The fourth-order valence-electron chi connectivity index (χ4n) is 3.80. The van der Waals surface area contributed by atoms with Crippen molar-refractivity contribution >= 4 is 11.4 Å². The van der Waals surface area contributed by atoms with E-state index >= 15 is 0 Å². The molecule has 4 nitrogen and oxygen atoms in total. The van der Waals surface area contributed by atoms with Gasteiger partial charge in [0.15, 0.2) is 17.3 Å². The van der Waals surface area contributed by atoms with Gasteiger partial charge in [0, 0.05) is 11.1 Å². The normalized spacial score (nSPS) is 12.6. The maximum Gasteiger partial charge on any atom is 0.203 e. The second-order valence-electron chi connectivity index (χ2n) is 7.40. The number of methoxy groups -OCH3 is 3. The number of unbranched alkanes of at least 4 members (excludes halogenated alkanes) is 2. The Kier molecular flexibility index (Phi) is 7.34. The summed E-state index contributed by atoms with van der Waals surface area (Å²) in [6, 6.07) is 9.72. The van der Waals surface area contributed by atoms with Crippen LogP contribution in [-0.2, 0) is 6.42 Å². The van der Waals surface area contributed by atoms with Gasteiger partial charge in [0.2, 0.25) is 5.75 Å². The van der Waals surface area contributed by atoms with Crippen molar-refractivity contribution in [3.8, 4) is 17.2 Å². The van der Waals surface area contributed by atoms with Gasteiger partial charge in [-0.2, -0.15) is 0 Å². The van der Waals surface area contributed by atoms with Crippen LogP contribution in [0, 0.1) is 0 Å². The molecule has 0 saturated carbocycles. The van der Waals surface area contributed by atoms with Crippen LogP contribution < -0.4 is 14.2 Å². The lowest BCUT2D eigenvalue weighted by Crippen LogP contribution is -2.08. The van der Waals surface area contributed by atoms with Crippen molar-refractivity contribution in [3.05, 3.63) is 70.8 Å². The maximum absolute atomic E-state index is 13.6. The van der Waals surface area contributed by atoms with Crippen LogP contribution in [0.25, 0.3) is 5.57 Å². The van der Waals surface area contributed by atoms with Crippen molar-refractivity contribution in [3.63, 3.8) is 0 Å². The Balaban J connectivity index is 2.05. The Morgan fingerprint density at radius 3 is 2.27 bits per heavy atom. The molecule has 0 aliphatic heterocycles. The first kappa shape index (κ1) is 21.7. The molecule has 1 aliphatic rings. The number of benzene rings is 2. The predicted octanol–water partition coefficient (Wildman–Crippen LogP) is 6.02. The quantitative estimate of drug-likeness (QED) is 0.357. The molecule has 2 aromatic carbocycles. The number of aryl methyl sites for hydroxylation is 1. The number of ether oxygens (including phenoxy) is 3. The summed E-state index contributed by atoms with van der Waals surface area (Å²) in [5.41, 5.74) is 4.67. The molecule has 0 N–H and O–H groups in total. The highest BCUT2D eigenvalue weighted by Crippen LogP contribution is 2.39. The fraction of sp³-hybridized carbons (Fsp3) is 0.346. The molecule has 0 fully saturated rings. The van der Waals surface area contributed by atoms with Gasteiger partial charge in [0.05, 0.1) is 21.3 Å². The zero-order valence-electron chi connectivity index (χ0n) is 18.3. The zero-order chi connectivity index (χ0) is 21.5. The number of rotatable bonds is 10. The Morgan fingerprint density at radius 2 is 1.70 bits per heavy atom. The first-order valence-corrected chi connectivity index (χ1v) is 10.5. The summed E-state index contributed by atoms with van der Waals surface area (Å²) < 4.78 is 16.3. The van der Waals surface area contributed by atoms with Crippen LogP contribution in [0.4, 0.5) is 0 Å². The molecule has 1 aliphatic carbocycles.